The molecule has 0 spiro atoms. The molecule has 1 atom stereocenters. The zero-order chi connectivity index (χ0) is 79.1. The molecule has 0 saturated heterocycles. The number of furan rings is 4. The Morgan fingerprint density at radius 2 is 0.500 bits per heavy atom. The van der Waals surface area contributed by atoms with Crippen LogP contribution in [0, 0.1) is 27.7 Å². The monoisotopic (exact) mass is 1520 g/mol. The van der Waals surface area contributed by atoms with Gasteiger partial charge in [-0.3, -0.25) is 0 Å². The molecule has 8 heteroatoms. The van der Waals surface area contributed by atoms with Gasteiger partial charge in [0, 0.05) is 123 Å². The van der Waals surface area contributed by atoms with Gasteiger partial charge < -0.3 is 37.3 Å². The van der Waals surface area contributed by atoms with Gasteiger partial charge in [-0.05, 0) is 310 Å². The van der Waals surface area contributed by atoms with Crippen molar-refractivity contribution in [1.29, 1.82) is 0 Å². The number of fused-ring (bicyclic) bond motifs is 16. The van der Waals surface area contributed by atoms with Gasteiger partial charge in [-0.25, -0.2) is 0 Å². The molecule has 0 amide bonds. The van der Waals surface area contributed by atoms with Crippen molar-refractivity contribution in [1.82, 2.24) is 0 Å². The summed E-state index contributed by atoms with van der Waals surface area (Å²) in [5.41, 5.74) is 28.5. The fourth-order valence-electron chi connectivity index (χ4n) is 18.4. The Labute approximate surface area is 683 Å². The Kier molecular flexibility index (Phi) is 16.5. The van der Waals surface area contributed by atoms with Crippen LogP contribution in [0.3, 0.4) is 0 Å². The second-order valence-corrected chi connectivity index (χ2v) is 32.6. The summed E-state index contributed by atoms with van der Waals surface area (Å²) in [6.07, 6.45) is 0.881. The van der Waals surface area contributed by atoms with E-state index in [1.54, 1.807) is 0 Å². The van der Waals surface area contributed by atoms with E-state index in [9.17, 15) is 0 Å². The lowest BCUT2D eigenvalue weighted by atomic mass is 9.92. The molecule has 4 aromatic heterocycles. The van der Waals surface area contributed by atoms with E-state index in [-0.39, 0.29) is 5.92 Å². The molecule has 1 unspecified atom stereocenters. The van der Waals surface area contributed by atoms with Crippen molar-refractivity contribution in [2.75, 3.05) is 19.6 Å². The minimum Gasteiger partial charge on any atom is -0.456 e. The largest absolute Gasteiger partial charge is 0.456 e. The summed E-state index contributed by atoms with van der Waals surface area (Å²) in [7, 11) is 0. The van der Waals surface area contributed by atoms with E-state index in [0.717, 1.165) is 206 Å². The first-order chi connectivity index (χ1) is 57.8. The lowest BCUT2D eigenvalue weighted by Gasteiger charge is -2.29. The van der Waals surface area contributed by atoms with E-state index in [1.807, 2.05) is 0 Å². The molecule has 8 nitrogen and oxygen atoms in total. The number of aryl methyl sites for hydroxylation is 4. The summed E-state index contributed by atoms with van der Waals surface area (Å²) < 4.78 is 27.1. The van der Waals surface area contributed by atoms with E-state index >= 15 is 0 Å². The molecule has 0 N–H and O–H groups in total. The third-order valence-electron chi connectivity index (χ3n) is 24.6. The summed E-state index contributed by atoms with van der Waals surface area (Å²) >= 11 is 0. The zero-order valence-electron chi connectivity index (χ0n) is 66.7. The first-order valence-corrected chi connectivity index (χ1v) is 41.0. The van der Waals surface area contributed by atoms with Crippen molar-refractivity contribution in [3.8, 4) is 0 Å². The Morgan fingerprint density at radius 3 is 0.839 bits per heavy atom. The van der Waals surface area contributed by atoms with Gasteiger partial charge in [-0.1, -0.05) is 172 Å². The Hall–Kier alpha value is -14.6. The van der Waals surface area contributed by atoms with E-state index in [1.165, 1.54) is 38.9 Å². The van der Waals surface area contributed by atoms with Gasteiger partial charge in [0.1, 0.15) is 44.7 Å². The van der Waals surface area contributed by atoms with E-state index in [2.05, 4.69) is 414 Å². The zero-order valence-corrected chi connectivity index (χ0v) is 66.7. The molecule has 22 rings (SSSR count). The average Bonchev–Trinajstić information content (AvgIpc) is 1.57. The molecule has 0 fully saturated rings. The van der Waals surface area contributed by atoms with Crippen molar-refractivity contribution in [3.63, 3.8) is 0 Å². The highest BCUT2D eigenvalue weighted by atomic mass is 16.4. The summed E-state index contributed by atoms with van der Waals surface area (Å²) in [5, 5.41) is 17.6. The van der Waals surface area contributed by atoms with Gasteiger partial charge in [0.25, 0.3) is 0 Å². The normalized spacial score (nSPS) is 12.3. The fourth-order valence-corrected chi connectivity index (χ4v) is 18.4. The van der Waals surface area contributed by atoms with Gasteiger partial charge in [0.05, 0.1) is 0 Å². The van der Waals surface area contributed by atoms with Crippen molar-refractivity contribution < 1.29 is 17.7 Å². The van der Waals surface area contributed by atoms with E-state index in [0.29, 0.717) is 5.92 Å². The summed E-state index contributed by atoms with van der Waals surface area (Å²) in [5.74, 6) is 0.703. The van der Waals surface area contributed by atoms with Crippen LogP contribution in [0.25, 0.3) is 131 Å². The quantitative estimate of drug-likeness (QED) is 0.0948. The smallest absolute Gasteiger partial charge is 0.139 e. The standard InChI is InChI=1S/C110H82N4O4/c1-66(2)73-31-39-85(40-32-73)111(83-23-10-8-11-24-83)87-43-35-75-54-91-95-62-96-92-55-76-36-44-88(51-80(76)59-104(92)116-108(96)64-107(95)115-103(91)58-79(75)50-87)112(84-25-12-9-13-26-84)86-41-33-74(34-42-86)70(6)48-72-30-47-102(71(7)49-72)114(101-29-19-16-22-69(101)5)90-46-38-78-57-94-98-63-97-93-56-77-37-45-89(113(99-27-17-14-20-67(99)3)100-28-18-15-21-68(100)4)52-81(77)60-105(93)117-109(97)65-110(98)118-106(94)61-82(78)53-90/h8-47,49-66,70H,48H2,1-7H3. The summed E-state index contributed by atoms with van der Waals surface area (Å²) in [6, 6.07) is 126. The second-order valence-electron chi connectivity index (χ2n) is 32.6. The highest BCUT2D eigenvalue weighted by Crippen LogP contribution is 2.49. The number of hydrogen-bond acceptors (Lipinski definition) is 8. The Balaban J connectivity index is 0.524. The topological polar surface area (TPSA) is 65.5 Å². The first-order valence-electron chi connectivity index (χ1n) is 41.0. The van der Waals surface area contributed by atoms with Crippen LogP contribution in [-0.2, 0) is 6.42 Å². The number of nitrogens with zero attached hydrogens (tertiary/aromatic N) is 4. The molecule has 0 aliphatic rings. The molecule has 118 heavy (non-hydrogen) atoms. The fraction of sp³-hybridized carbons (Fsp3) is 0.0909. The maximum atomic E-state index is 6.81. The van der Waals surface area contributed by atoms with E-state index < -0.39 is 0 Å². The third-order valence-corrected chi connectivity index (χ3v) is 24.6. The molecule has 0 saturated carbocycles. The van der Waals surface area contributed by atoms with Crippen LogP contribution in [0.1, 0.15) is 71.6 Å². The highest BCUT2D eigenvalue weighted by Gasteiger charge is 2.25. The van der Waals surface area contributed by atoms with Crippen molar-refractivity contribution in [2.45, 2.75) is 66.7 Å². The Morgan fingerprint density at radius 1 is 0.212 bits per heavy atom. The van der Waals surface area contributed by atoms with Gasteiger partial charge in [-0.15, -0.1) is 0 Å². The summed E-state index contributed by atoms with van der Waals surface area (Å²) in [6.45, 7) is 15.6. The van der Waals surface area contributed by atoms with Gasteiger partial charge in [-0.2, -0.15) is 0 Å². The maximum Gasteiger partial charge on any atom is 0.139 e. The molecular formula is C110H82N4O4. The van der Waals surface area contributed by atoms with E-state index in [4.69, 9.17) is 17.7 Å². The SMILES string of the molecule is Cc1ccccc1N(c1ccc2cc3c(cc2c1)oc1cc2oc4cc5cc(N(c6ccccc6C)c6ccc(CC(C)c7ccc(N(c8ccccc8)c8ccc9cc%10c(cc9c8)oc8cc9oc%11cc%12cc(N(c%13ccccc%13)c%13ccc(C(C)C)cc%13)ccc%12cc%11c9cc8%10)cc7)cc6C)ccc5cc4c2cc13)c1ccccc1C. The number of rotatable bonds is 16. The lowest BCUT2D eigenvalue weighted by molar-refractivity contribution is 0.656. The van der Waals surface area contributed by atoms with Crippen molar-refractivity contribution in [2.24, 2.45) is 0 Å². The minimum atomic E-state index is 0.248. The first kappa shape index (κ1) is 70.1. The summed E-state index contributed by atoms with van der Waals surface area (Å²) in [4.78, 5) is 9.47. The molecule has 0 bridgehead atoms. The second kappa shape index (κ2) is 27.9. The number of hydrogen-bond donors (Lipinski definition) is 0. The van der Waals surface area contributed by atoms with Crippen LogP contribution in [0.2, 0.25) is 0 Å². The molecule has 0 aliphatic heterocycles. The number of anilines is 12. The molecule has 0 aliphatic carbocycles. The average molecular weight is 1520 g/mol. The molecular weight excluding hydrogens is 1440 g/mol. The van der Waals surface area contributed by atoms with Crippen LogP contribution in [0.4, 0.5) is 68.2 Å². The van der Waals surface area contributed by atoms with Gasteiger partial charge in [0.2, 0.25) is 0 Å². The maximum absolute atomic E-state index is 6.81. The number of benzene rings is 18. The highest BCUT2D eigenvalue weighted by molar-refractivity contribution is 6.21. The lowest BCUT2D eigenvalue weighted by Crippen LogP contribution is -2.13. The van der Waals surface area contributed by atoms with Crippen LogP contribution in [0.5, 0.6) is 0 Å². The van der Waals surface area contributed by atoms with Crippen molar-refractivity contribution >= 4 is 199 Å². The molecule has 0 radical (unpaired) electrons. The van der Waals surface area contributed by atoms with Crippen LogP contribution >= 0.6 is 0 Å². The molecule has 22 aromatic rings. The van der Waals surface area contributed by atoms with Crippen LogP contribution in [0.15, 0.2) is 363 Å². The third kappa shape index (κ3) is 12.0. The molecule has 18 aromatic carbocycles. The van der Waals surface area contributed by atoms with Crippen LogP contribution in [-0.4, -0.2) is 0 Å². The minimum absolute atomic E-state index is 0.248. The van der Waals surface area contributed by atoms with Crippen molar-refractivity contribution in [3.05, 3.63) is 385 Å². The number of para-hydroxylation sites is 5. The molecule has 4 heterocycles. The molecule has 566 valence electrons. The van der Waals surface area contributed by atoms with Gasteiger partial charge in [0.15, 0.2) is 0 Å². The van der Waals surface area contributed by atoms with Gasteiger partial charge >= 0.3 is 0 Å². The van der Waals surface area contributed by atoms with Crippen LogP contribution < -0.4 is 19.6 Å². The predicted molar refractivity (Wildman–Crippen MR) is 496 cm³/mol. The predicted octanol–water partition coefficient (Wildman–Crippen LogP) is 32.5. The Bertz CT molecular complexity index is 7740.